The lowest BCUT2D eigenvalue weighted by Gasteiger charge is -2.07. The molecule has 0 aliphatic heterocycles. The molecule has 28 heavy (non-hydrogen) atoms. The maximum absolute atomic E-state index is 12.0. The van der Waals surface area contributed by atoms with Crippen molar-refractivity contribution in [3.05, 3.63) is 77.6 Å². The fraction of sp³-hybridized carbons (Fsp3) is 0.304. The van der Waals surface area contributed by atoms with E-state index in [1.807, 2.05) is 42.5 Å². The Morgan fingerprint density at radius 3 is 2.68 bits per heavy atom. The molecule has 0 spiro atoms. The van der Waals surface area contributed by atoms with Gasteiger partial charge in [0.25, 0.3) is 0 Å². The van der Waals surface area contributed by atoms with Crippen molar-refractivity contribution in [1.29, 1.82) is 0 Å². The number of para-hydroxylation sites is 2. The summed E-state index contributed by atoms with van der Waals surface area (Å²) >= 11 is 5.86. The summed E-state index contributed by atoms with van der Waals surface area (Å²) < 4.78 is 2.23. The van der Waals surface area contributed by atoms with Crippen LogP contribution in [0.3, 0.4) is 0 Å². The van der Waals surface area contributed by atoms with Crippen molar-refractivity contribution >= 4 is 28.5 Å². The molecular weight excluding hydrogens is 370 g/mol. The number of hydrogen-bond acceptors (Lipinski definition) is 2. The third-order valence-electron chi connectivity index (χ3n) is 4.72. The van der Waals surface area contributed by atoms with E-state index in [1.165, 1.54) is 0 Å². The quantitative estimate of drug-likeness (QED) is 0.390. The molecule has 0 atom stereocenters. The van der Waals surface area contributed by atoms with Gasteiger partial charge < -0.3 is 9.88 Å². The van der Waals surface area contributed by atoms with Gasteiger partial charge in [-0.1, -0.05) is 48.4 Å². The van der Waals surface area contributed by atoms with Gasteiger partial charge in [-0.05, 0) is 42.7 Å². The molecule has 0 aliphatic rings. The van der Waals surface area contributed by atoms with Crippen LogP contribution in [0.5, 0.6) is 0 Å². The van der Waals surface area contributed by atoms with Crippen LogP contribution >= 0.6 is 11.6 Å². The van der Waals surface area contributed by atoms with E-state index in [9.17, 15) is 4.79 Å². The molecule has 0 unspecified atom stereocenters. The van der Waals surface area contributed by atoms with Crippen LogP contribution in [0, 0.1) is 0 Å². The lowest BCUT2D eigenvalue weighted by molar-refractivity contribution is -0.120. The first-order chi connectivity index (χ1) is 13.7. The molecule has 0 radical (unpaired) electrons. The predicted octanol–water partition coefficient (Wildman–Crippen LogP) is 4.95. The fourth-order valence-corrected chi connectivity index (χ4v) is 3.44. The van der Waals surface area contributed by atoms with Crippen LogP contribution in [0.25, 0.3) is 11.0 Å². The molecule has 1 N–H and O–H groups in total. The number of unbranched alkanes of at least 4 members (excludes halogenated alkanes) is 2. The first kappa shape index (κ1) is 20.2. The van der Waals surface area contributed by atoms with Gasteiger partial charge in [-0.25, -0.2) is 4.98 Å². The number of benzene rings is 2. The van der Waals surface area contributed by atoms with E-state index in [2.05, 4.69) is 28.6 Å². The van der Waals surface area contributed by atoms with Crippen molar-refractivity contribution < 1.29 is 4.79 Å². The van der Waals surface area contributed by atoms with Gasteiger partial charge in [-0.3, -0.25) is 4.79 Å². The molecule has 0 aliphatic carbocycles. The topological polar surface area (TPSA) is 46.9 Å². The zero-order valence-electron chi connectivity index (χ0n) is 16.0. The van der Waals surface area contributed by atoms with Crippen LogP contribution in [0.2, 0.25) is 5.02 Å². The third kappa shape index (κ3) is 5.46. The number of allylic oxidation sites excluding steroid dienone is 1. The van der Waals surface area contributed by atoms with Crippen molar-refractivity contribution in [2.24, 2.45) is 0 Å². The lowest BCUT2D eigenvalue weighted by Crippen LogP contribution is -2.26. The highest BCUT2D eigenvalue weighted by atomic mass is 35.5. The maximum atomic E-state index is 12.0. The Morgan fingerprint density at radius 1 is 1.11 bits per heavy atom. The van der Waals surface area contributed by atoms with Crippen molar-refractivity contribution in [3.63, 3.8) is 0 Å². The second-order valence-electron chi connectivity index (χ2n) is 6.88. The van der Waals surface area contributed by atoms with Crippen LogP contribution in [0.1, 0.15) is 30.7 Å². The van der Waals surface area contributed by atoms with E-state index in [-0.39, 0.29) is 5.91 Å². The smallest absolute Gasteiger partial charge is 0.224 e. The Morgan fingerprint density at radius 2 is 1.89 bits per heavy atom. The molecule has 0 saturated carbocycles. The number of nitrogens with one attached hydrogen (secondary N) is 1. The fourth-order valence-electron chi connectivity index (χ4n) is 3.31. The van der Waals surface area contributed by atoms with Gasteiger partial charge in [-0.2, -0.15) is 0 Å². The van der Waals surface area contributed by atoms with Gasteiger partial charge in [0.1, 0.15) is 5.82 Å². The summed E-state index contributed by atoms with van der Waals surface area (Å²) in [6, 6.07) is 15.6. The van der Waals surface area contributed by atoms with Crippen LogP contribution in [0.4, 0.5) is 0 Å². The second-order valence-corrected chi connectivity index (χ2v) is 7.32. The second kappa shape index (κ2) is 10.1. The molecule has 1 amide bonds. The van der Waals surface area contributed by atoms with Gasteiger partial charge in [0, 0.05) is 24.5 Å². The summed E-state index contributed by atoms with van der Waals surface area (Å²) in [6.07, 6.45) is 6.30. The summed E-state index contributed by atoms with van der Waals surface area (Å²) in [5.74, 6) is 1.16. The van der Waals surface area contributed by atoms with Gasteiger partial charge in [0.05, 0.1) is 17.5 Å². The maximum Gasteiger partial charge on any atom is 0.224 e. The van der Waals surface area contributed by atoms with Gasteiger partial charge >= 0.3 is 0 Å². The van der Waals surface area contributed by atoms with Crippen molar-refractivity contribution in [2.75, 3.05) is 6.54 Å². The Labute approximate surface area is 171 Å². The summed E-state index contributed by atoms with van der Waals surface area (Å²) in [7, 11) is 0. The number of carbonyl (C=O) groups is 1. The minimum absolute atomic E-state index is 0.0510. The molecule has 146 valence electrons. The number of rotatable bonds is 10. The van der Waals surface area contributed by atoms with Gasteiger partial charge in [-0.15, -0.1) is 6.58 Å². The van der Waals surface area contributed by atoms with Gasteiger partial charge in [0.2, 0.25) is 5.91 Å². The molecule has 1 aromatic heterocycles. The zero-order valence-corrected chi connectivity index (χ0v) is 16.8. The number of amides is 1. The monoisotopic (exact) mass is 395 g/mol. The number of aryl methyl sites for hydroxylation is 1. The van der Waals surface area contributed by atoms with Crippen LogP contribution in [-0.4, -0.2) is 22.0 Å². The van der Waals surface area contributed by atoms with E-state index in [4.69, 9.17) is 16.6 Å². The minimum Gasteiger partial charge on any atom is -0.356 e. The summed E-state index contributed by atoms with van der Waals surface area (Å²) in [6.45, 7) is 5.34. The van der Waals surface area contributed by atoms with Crippen LogP contribution in [-0.2, 0) is 24.2 Å². The first-order valence-electron chi connectivity index (χ1n) is 9.73. The summed E-state index contributed by atoms with van der Waals surface area (Å²) in [5.41, 5.74) is 3.17. The van der Waals surface area contributed by atoms with E-state index in [1.54, 1.807) is 0 Å². The molecule has 1 heterocycles. The number of aromatic nitrogens is 2. The van der Waals surface area contributed by atoms with E-state index in [0.717, 1.165) is 54.6 Å². The zero-order chi connectivity index (χ0) is 19.8. The molecule has 4 nitrogen and oxygen atoms in total. The van der Waals surface area contributed by atoms with E-state index in [0.29, 0.717) is 18.0 Å². The largest absolute Gasteiger partial charge is 0.356 e. The molecule has 0 bridgehead atoms. The number of carbonyl (C=O) groups excluding carboxylic acids is 1. The molecule has 0 saturated heterocycles. The summed E-state index contributed by atoms with van der Waals surface area (Å²) in [5, 5.41) is 3.68. The lowest BCUT2D eigenvalue weighted by atomic mass is 10.1. The van der Waals surface area contributed by atoms with E-state index < -0.39 is 0 Å². The molecule has 0 fully saturated rings. The van der Waals surface area contributed by atoms with Crippen molar-refractivity contribution in [1.82, 2.24) is 14.9 Å². The standard InChI is InChI=1S/C23H26ClN3O/c1-2-16-27-21-9-6-5-8-20(21)26-22(27)10-4-3-7-15-25-23(28)17-18-11-13-19(24)14-12-18/h2,5-6,8-9,11-14H,1,3-4,7,10,15-17H2,(H,25,28). The van der Waals surface area contributed by atoms with Crippen LogP contribution in [0.15, 0.2) is 61.2 Å². The SMILES string of the molecule is C=CCn1c(CCCCCNC(=O)Cc2ccc(Cl)cc2)nc2ccccc21. The Balaban J connectivity index is 1.39. The molecular formula is C23H26ClN3O. The number of imidazole rings is 1. The first-order valence-corrected chi connectivity index (χ1v) is 10.1. The molecule has 2 aromatic carbocycles. The van der Waals surface area contributed by atoms with Crippen molar-refractivity contribution in [3.8, 4) is 0 Å². The normalized spacial score (nSPS) is 10.9. The van der Waals surface area contributed by atoms with E-state index >= 15 is 0 Å². The minimum atomic E-state index is 0.0510. The third-order valence-corrected chi connectivity index (χ3v) is 4.97. The predicted molar refractivity (Wildman–Crippen MR) is 116 cm³/mol. The number of hydrogen-bond donors (Lipinski definition) is 1. The molecule has 5 heteroatoms. The summed E-state index contributed by atoms with van der Waals surface area (Å²) in [4.78, 5) is 16.8. The molecule has 3 aromatic rings. The van der Waals surface area contributed by atoms with Gasteiger partial charge in [0.15, 0.2) is 0 Å². The average molecular weight is 396 g/mol. The number of fused-ring (bicyclic) bond motifs is 1. The number of halogens is 1. The van der Waals surface area contributed by atoms with Crippen molar-refractivity contribution in [2.45, 2.75) is 38.6 Å². The molecule has 3 rings (SSSR count). The van der Waals surface area contributed by atoms with Crippen LogP contribution < -0.4 is 5.32 Å². The average Bonchev–Trinajstić information content (AvgIpc) is 3.04. The highest BCUT2D eigenvalue weighted by molar-refractivity contribution is 6.30. The Bertz CT molecular complexity index is 931. The highest BCUT2D eigenvalue weighted by Crippen LogP contribution is 2.18. The highest BCUT2D eigenvalue weighted by Gasteiger charge is 2.09. The Hall–Kier alpha value is -2.59. The number of nitrogens with zero attached hydrogens (tertiary/aromatic N) is 2. The Kier molecular flexibility index (Phi) is 7.26.